The second-order valence-corrected chi connectivity index (χ2v) is 5.41. The number of anilines is 1. The molecule has 4 nitrogen and oxygen atoms in total. The van der Waals surface area contributed by atoms with Gasteiger partial charge >= 0.3 is 0 Å². The fourth-order valence-electron chi connectivity index (χ4n) is 1.62. The number of halogens is 2. The molecule has 0 unspecified atom stereocenters. The lowest BCUT2D eigenvalue weighted by Crippen LogP contribution is -2.23. The van der Waals surface area contributed by atoms with Crippen LogP contribution in [0.25, 0.3) is 0 Å². The molecule has 0 spiro atoms. The van der Waals surface area contributed by atoms with E-state index in [2.05, 4.69) is 15.8 Å². The molecule has 0 aliphatic rings. The van der Waals surface area contributed by atoms with E-state index in [1.165, 1.54) is 6.21 Å². The first-order valence-corrected chi connectivity index (χ1v) is 7.44. The fraction of sp³-hybridized carbons (Fsp3) is 0.0667. The van der Waals surface area contributed by atoms with Crippen LogP contribution >= 0.6 is 35.4 Å². The van der Waals surface area contributed by atoms with Crippen molar-refractivity contribution >= 4 is 52.4 Å². The maximum atomic E-state index is 6.04. The van der Waals surface area contributed by atoms with Crippen molar-refractivity contribution in [3.8, 4) is 5.75 Å². The number of nitrogens with zero attached hydrogens (tertiary/aromatic N) is 1. The van der Waals surface area contributed by atoms with E-state index in [4.69, 9.17) is 40.2 Å². The average molecular weight is 354 g/mol. The summed E-state index contributed by atoms with van der Waals surface area (Å²) in [6, 6.07) is 12.6. The molecule has 0 saturated carbocycles. The summed E-state index contributed by atoms with van der Waals surface area (Å²) in [6.45, 7) is 0. The van der Waals surface area contributed by atoms with E-state index in [1.807, 2.05) is 24.3 Å². The SMILES string of the molecule is COc1ccc(NC(=S)N/N=C/c2c(Cl)cccc2Cl)cc1. The van der Waals surface area contributed by atoms with E-state index in [0.717, 1.165) is 11.4 Å². The molecule has 0 aliphatic carbocycles. The Hall–Kier alpha value is -1.82. The van der Waals surface area contributed by atoms with Gasteiger partial charge < -0.3 is 10.1 Å². The van der Waals surface area contributed by atoms with Crippen LogP contribution in [-0.2, 0) is 0 Å². The zero-order valence-corrected chi connectivity index (χ0v) is 14.0. The maximum Gasteiger partial charge on any atom is 0.191 e. The fourth-order valence-corrected chi connectivity index (χ4v) is 2.29. The molecule has 0 fully saturated rings. The van der Waals surface area contributed by atoms with Crippen molar-refractivity contribution in [1.82, 2.24) is 5.43 Å². The van der Waals surface area contributed by atoms with Crippen molar-refractivity contribution < 1.29 is 4.74 Å². The number of hydrogen-bond donors (Lipinski definition) is 2. The quantitative estimate of drug-likeness (QED) is 0.488. The number of hydrogen-bond acceptors (Lipinski definition) is 3. The number of nitrogens with one attached hydrogen (secondary N) is 2. The first-order chi connectivity index (χ1) is 10.6. The standard InChI is InChI=1S/C15H13Cl2N3OS/c1-21-11-7-5-10(6-8-11)19-15(22)20-18-9-12-13(16)3-2-4-14(12)17/h2-9H,1H3,(H2,19,20,22)/b18-9+. The smallest absolute Gasteiger partial charge is 0.191 e. The van der Waals surface area contributed by atoms with Crippen LogP contribution in [0.3, 0.4) is 0 Å². The first kappa shape index (κ1) is 16.5. The minimum atomic E-state index is 0.351. The molecule has 0 amide bonds. The van der Waals surface area contributed by atoms with Crippen molar-refractivity contribution in [2.75, 3.05) is 12.4 Å². The Bertz CT molecular complexity index is 669. The number of ether oxygens (including phenoxy) is 1. The van der Waals surface area contributed by atoms with Gasteiger partial charge in [-0.3, -0.25) is 5.43 Å². The molecule has 0 bridgehead atoms. The largest absolute Gasteiger partial charge is 0.497 e. The molecule has 2 aromatic rings. The monoisotopic (exact) mass is 353 g/mol. The molecule has 2 rings (SSSR count). The van der Waals surface area contributed by atoms with Crippen molar-refractivity contribution in [2.24, 2.45) is 5.10 Å². The van der Waals surface area contributed by atoms with Gasteiger partial charge in [-0.15, -0.1) is 0 Å². The molecule has 7 heteroatoms. The second kappa shape index (κ2) is 7.98. The summed E-state index contributed by atoms with van der Waals surface area (Å²) in [4.78, 5) is 0. The third-order valence-corrected chi connectivity index (χ3v) is 3.56. The highest BCUT2D eigenvalue weighted by molar-refractivity contribution is 7.80. The van der Waals surface area contributed by atoms with Gasteiger partial charge in [0.25, 0.3) is 0 Å². The van der Waals surface area contributed by atoms with Crippen LogP contribution in [0.4, 0.5) is 5.69 Å². The summed E-state index contributed by atoms with van der Waals surface area (Å²) in [5, 5.41) is 8.41. The van der Waals surface area contributed by atoms with Crippen molar-refractivity contribution in [1.29, 1.82) is 0 Å². The third kappa shape index (κ3) is 4.59. The summed E-state index contributed by atoms with van der Waals surface area (Å²) in [5.74, 6) is 0.774. The van der Waals surface area contributed by atoms with Gasteiger partial charge in [-0.2, -0.15) is 5.10 Å². The molecular weight excluding hydrogens is 341 g/mol. The summed E-state index contributed by atoms with van der Waals surface area (Å²) in [6.07, 6.45) is 1.52. The Balaban J connectivity index is 1.93. The molecule has 0 saturated heterocycles. The van der Waals surface area contributed by atoms with E-state index in [0.29, 0.717) is 20.7 Å². The highest BCUT2D eigenvalue weighted by Crippen LogP contribution is 2.22. The van der Waals surface area contributed by atoms with E-state index in [1.54, 1.807) is 25.3 Å². The summed E-state index contributed by atoms with van der Waals surface area (Å²) in [7, 11) is 1.61. The van der Waals surface area contributed by atoms with Crippen LogP contribution in [0.15, 0.2) is 47.6 Å². The van der Waals surface area contributed by atoms with Crippen LogP contribution in [-0.4, -0.2) is 18.4 Å². The molecule has 0 atom stereocenters. The number of hydrazone groups is 1. The Morgan fingerprint density at radius 3 is 2.36 bits per heavy atom. The van der Waals surface area contributed by atoms with Crippen molar-refractivity contribution in [3.05, 3.63) is 58.1 Å². The van der Waals surface area contributed by atoms with E-state index in [-0.39, 0.29) is 0 Å². The Labute approximate surface area is 144 Å². The number of benzene rings is 2. The van der Waals surface area contributed by atoms with Gasteiger partial charge in [0.05, 0.1) is 23.4 Å². The minimum Gasteiger partial charge on any atom is -0.497 e. The van der Waals surface area contributed by atoms with Crippen molar-refractivity contribution in [3.63, 3.8) is 0 Å². The first-order valence-electron chi connectivity index (χ1n) is 6.28. The average Bonchev–Trinajstić information content (AvgIpc) is 2.51. The van der Waals surface area contributed by atoms with E-state index < -0.39 is 0 Å². The number of thiocarbonyl (C=S) groups is 1. The van der Waals surface area contributed by atoms with Crippen LogP contribution < -0.4 is 15.5 Å². The van der Waals surface area contributed by atoms with Crippen LogP contribution in [0, 0.1) is 0 Å². The summed E-state index contributed by atoms with van der Waals surface area (Å²) in [5.41, 5.74) is 4.16. The molecular formula is C15H13Cl2N3OS. The lowest BCUT2D eigenvalue weighted by molar-refractivity contribution is 0.415. The zero-order chi connectivity index (χ0) is 15.9. The van der Waals surface area contributed by atoms with Crippen LogP contribution in [0.2, 0.25) is 10.0 Å². The minimum absolute atomic E-state index is 0.351. The molecule has 0 aliphatic heterocycles. The third-order valence-electron chi connectivity index (χ3n) is 2.71. The van der Waals surface area contributed by atoms with Gasteiger partial charge in [0.2, 0.25) is 0 Å². The van der Waals surface area contributed by atoms with E-state index >= 15 is 0 Å². The lowest BCUT2D eigenvalue weighted by atomic mass is 10.2. The second-order valence-electron chi connectivity index (χ2n) is 4.19. The van der Waals surface area contributed by atoms with Crippen LogP contribution in [0.1, 0.15) is 5.56 Å². The number of methoxy groups -OCH3 is 1. The Morgan fingerprint density at radius 2 is 1.77 bits per heavy atom. The van der Waals surface area contributed by atoms with Gasteiger partial charge in [0.1, 0.15) is 5.75 Å². The highest BCUT2D eigenvalue weighted by Gasteiger charge is 2.02. The van der Waals surface area contributed by atoms with Gasteiger partial charge in [0, 0.05) is 11.3 Å². The van der Waals surface area contributed by atoms with Gasteiger partial charge in [-0.25, -0.2) is 0 Å². The van der Waals surface area contributed by atoms with Gasteiger partial charge in [-0.05, 0) is 48.6 Å². The summed E-state index contributed by atoms with van der Waals surface area (Å²) < 4.78 is 5.09. The predicted octanol–water partition coefficient (Wildman–Crippen LogP) is 4.32. The molecule has 2 N–H and O–H groups in total. The zero-order valence-electron chi connectivity index (χ0n) is 11.6. The maximum absolute atomic E-state index is 6.04. The van der Waals surface area contributed by atoms with Gasteiger partial charge in [0.15, 0.2) is 5.11 Å². The molecule has 0 radical (unpaired) electrons. The van der Waals surface area contributed by atoms with Gasteiger partial charge in [-0.1, -0.05) is 29.3 Å². The molecule has 0 heterocycles. The topological polar surface area (TPSA) is 45.6 Å². The predicted molar refractivity (Wildman–Crippen MR) is 96.4 cm³/mol. The Kier molecular flexibility index (Phi) is 6.00. The Morgan fingerprint density at radius 1 is 1.14 bits per heavy atom. The molecule has 114 valence electrons. The lowest BCUT2D eigenvalue weighted by Gasteiger charge is -2.08. The molecule has 2 aromatic carbocycles. The molecule has 22 heavy (non-hydrogen) atoms. The van der Waals surface area contributed by atoms with Crippen molar-refractivity contribution in [2.45, 2.75) is 0 Å². The van der Waals surface area contributed by atoms with E-state index in [9.17, 15) is 0 Å². The number of rotatable bonds is 4. The molecule has 0 aromatic heterocycles. The van der Waals surface area contributed by atoms with Crippen LogP contribution in [0.5, 0.6) is 5.75 Å². The normalized spacial score (nSPS) is 10.5. The summed E-state index contributed by atoms with van der Waals surface area (Å²) >= 11 is 17.2. The highest BCUT2D eigenvalue weighted by atomic mass is 35.5.